The maximum Gasteiger partial charge on any atom is 0.416 e. The topological polar surface area (TPSA) is 80.0 Å². The highest BCUT2D eigenvalue weighted by molar-refractivity contribution is 5.98. The maximum absolute atomic E-state index is 13.8. The lowest BCUT2D eigenvalue weighted by Crippen LogP contribution is -2.16. The fourth-order valence-electron chi connectivity index (χ4n) is 1.97. The highest BCUT2D eigenvalue weighted by Crippen LogP contribution is 2.32. The second-order valence-electron chi connectivity index (χ2n) is 4.81. The number of amides is 1. The van der Waals surface area contributed by atoms with E-state index in [4.69, 9.17) is 5.73 Å². The standard InChI is InChI=1S/C15H14F4N4O/c1-2-21-14-11(16)7-10(12(20)24)13(23-14)22-9-5-3-4-8(6-9)15(17,18)19/h3-7H,2H2,1H3,(H2,20,24)(H2,21,22,23). The normalized spacial score (nSPS) is 11.2. The van der Waals surface area contributed by atoms with Gasteiger partial charge in [-0.3, -0.25) is 4.79 Å². The molecule has 0 saturated heterocycles. The van der Waals surface area contributed by atoms with Crippen molar-refractivity contribution < 1.29 is 22.4 Å². The molecule has 4 N–H and O–H groups in total. The molecular formula is C15H14F4N4O. The Morgan fingerprint density at radius 1 is 1.25 bits per heavy atom. The van der Waals surface area contributed by atoms with E-state index in [0.717, 1.165) is 18.2 Å². The molecule has 0 unspecified atom stereocenters. The van der Waals surface area contributed by atoms with Crippen molar-refractivity contribution in [2.45, 2.75) is 13.1 Å². The first-order chi connectivity index (χ1) is 11.2. The molecule has 128 valence electrons. The van der Waals surface area contributed by atoms with E-state index in [1.807, 2.05) is 0 Å². The summed E-state index contributed by atoms with van der Waals surface area (Å²) in [6.07, 6.45) is -4.52. The predicted octanol–water partition coefficient (Wildman–Crippen LogP) is 3.51. The molecule has 0 aliphatic carbocycles. The molecule has 9 heteroatoms. The third-order valence-electron chi connectivity index (χ3n) is 3.04. The molecule has 0 spiro atoms. The van der Waals surface area contributed by atoms with Crippen LogP contribution in [0.15, 0.2) is 30.3 Å². The Labute approximate surface area is 134 Å². The summed E-state index contributed by atoms with van der Waals surface area (Å²) in [6.45, 7) is 2.08. The number of halogens is 4. The molecule has 0 fully saturated rings. The predicted molar refractivity (Wildman–Crippen MR) is 81.6 cm³/mol. The Morgan fingerprint density at radius 2 is 1.96 bits per heavy atom. The summed E-state index contributed by atoms with van der Waals surface area (Å²) < 4.78 is 52.1. The van der Waals surface area contributed by atoms with E-state index in [1.54, 1.807) is 6.92 Å². The van der Waals surface area contributed by atoms with E-state index >= 15 is 0 Å². The molecule has 0 atom stereocenters. The molecular weight excluding hydrogens is 328 g/mol. The molecule has 24 heavy (non-hydrogen) atoms. The molecule has 2 aromatic rings. The second kappa shape index (κ2) is 6.73. The van der Waals surface area contributed by atoms with Gasteiger partial charge in [-0.25, -0.2) is 9.37 Å². The Bertz CT molecular complexity index is 762. The maximum atomic E-state index is 13.8. The van der Waals surface area contributed by atoms with Gasteiger partial charge in [0, 0.05) is 12.2 Å². The number of pyridine rings is 1. The van der Waals surface area contributed by atoms with Gasteiger partial charge in [0.2, 0.25) is 0 Å². The van der Waals surface area contributed by atoms with Gasteiger partial charge in [-0.2, -0.15) is 13.2 Å². The minimum atomic E-state index is -4.52. The summed E-state index contributed by atoms with van der Waals surface area (Å²) in [5, 5.41) is 5.22. The molecule has 0 radical (unpaired) electrons. The van der Waals surface area contributed by atoms with Crippen LogP contribution in [-0.2, 0) is 6.18 Å². The molecule has 2 rings (SSSR count). The molecule has 0 bridgehead atoms. The molecule has 1 aromatic heterocycles. The fraction of sp³-hybridized carbons (Fsp3) is 0.200. The third kappa shape index (κ3) is 3.92. The van der Waals surface area contributed by atoms with Crippen LogP contribution in [0.2, 0.25) is 0 Å². The Kier molecular flexibility index (Phi) is 4.91. The molecule has 0 saturated carbocycles. The van der Waals surface area contributed by atoms with Crippen LogP contribution in [-0.4, -0.2) is 17.4 Å². The lowest BCUT2D eigenvalue weighted by molar-refractivity contribution is -0.137. The Morgan fingerprint density at radius 3 is 2.54 bits per heavy atom. The van der Waals surface area contributed by atoms with Crippen molar-refractivity contribution in [3.05, 3.63) is 47.3 Å². The van der Waals surface area contributed by atoms with E-state index < -0.39 is 23.5 Å². The molecule has 1 heterocycles. The van der Waals surface area contributed by atoms with Gasteiger partial charge in [-0.1, -0.05) is 6.07 Å². The van der Waals surface area contributed by atoms with E-state index in [0.29, 0.717) is 6.54 Å². The largest absolute Gasteiger partial charge is 0.416 e. The van der Waals surface area contributed by atoms with Crippen LogP contribution in [0.4, 0.5) is 34.9 Å². The highest BCUT2D eigenvalue weighted by atomic mass is 19.4. The average molecular weight is 342 g/mol. The number of benzene rings is 1. The van der Waals surface area contributed by atoms with Crippen LogP contribution in [0.25, 0.3) is 0 Å². The lowest BCUT2D eigenvalue weighted by Gasteiger charge is -2.14. The van der Waals surface area contributed by atoms with Crippen LogP contribution in [0.3, 0.4) is 0 Å². The lowest BCUT2D eigenvalue weighted by atomic mass is 10.2. The summed E-state index contributed by atoms with van der Waals surface area (Å²) in [5.74, 6) is -2.03. The van der Waals surface area contributed by atoms with E-state index in [1.165, 1.54) is 12.1 Å². The zero-order chi connectivity index (χ0) is 17.9. The summed E-state index contributed by atoms with van der Waals surface area (Å²) in [7, 11) is 0. The summed E-state index contributed by atoms with van der Waals surface area (Å²) in [6, 6.07) is 5.19. The number of alkyl halides is 3. The summed E-state index contributed by atoms with van der Waals surface area (Å²) in [4.78, 5) is 15.3. The van der Waals surface area contributed by atoms with Crippen LogP contribution >= 0.6 is 0 Å². The average Bonchev–Trinajstić information content (AvgIpc) is 2.49. The van der Waals surface area contributed by atoms with Crippen molar-refractivity contribution in [2.24, 2.45) is 5.73 Å². The number of nitrogens with one attached hydrogen (secondary N) is 2. The van der Waals surface area contributed by atoms with Gasteiger partial charge >= 0.3 is 6.18 Å². The Balaban J connectivity index is 2.44. The zero-order valence-corrected chi connectivity index (χ0v) is 12.5. The minimum Gasteiger partial charge on any atom is -0.368 e. The minimum absolute atomic E-state index is 0.0360. The number of nitrogens with zero attached hydrogens (tertiary/aromatic N) is 1. The van der Waals surface area contributed by atoms with Crippen molar-refractivity contribution in [1.29, 1.82) is 0 Å². The van der Waals surface area contributed by atoms with Crippen molar-refractivity contribution in [3.63, 3.8) is 0 Å². The number of carbonyl (C=O) groups is 1. The smallest absolute Gasteiger partial charge is 0.368 e. The van der Waals surface area contributed by atoms with Gasteiger partial charge in [0.05, 0.1) is 11.1 Å². The van der Waals surface area contributed by atoms with Gasteiger partial charge in [0.15, 0.2) is 11.6 Å². The molecule has 0 aliphatic rings. The number of nitrogens with two attached hydrogens (primary N) is 1. The van der Waals surface area contributed by atoms with E-state index in [-0.39, 0.29) is 22.9 Å². The third-order valence-corrected chi connectivity index (χ3v) is 3.04. The van der Waals surface area contributed by atoms with Crippen molar-refractivity contribution in [2.75, 3.05) is 17.2 Å². The van der Waals surface area contributed by atoms with Crippen LogP contribution in [0, 0.1) is 5.82 Å². The number of carbonyl (C=O) groups excluding carboxylic acids is 1. The first-order valence-corrected chi connectivity index (χ1v) is 6.91. The number of aromatic nitrogens is 1. The fourth-order valence-corrected chi connectivity index (χ4v) is 1.97. The van der Waals surface area contributed by atoms with Crippen LogP contribution < -0.4 is 16.4 Å². The van der Waals surface area contributed by atoms with Crippen LogP contribution in [0.5, 0.6) is 0 Å². The number of primary amides is 1. The first-order valence-electron chi connectivity index (χ1n) is 6.91. The zero-order valence-electron chi connectivity index (χ0n) is 12.5. The number of anilines is 3. The van der Waals surface area contributed by atoms with Crippen molar-refractivity contribution >= 4 is 23.2 Å². The van der Waals surface area contributed by atoms with Crippen molar-refractivity contribution in [3.8, 4) is 0 Å². The van der Waals surface area contributed by atoms with Crippen LogP contribution in [0.1, 0.15) is 22.8 Å². The molecule has 1 amide bonds. The Hall–Kier alpha value is -2.84. The molecule has 5 nitrogen and oxygen atoms in total. The molecule has 0 aliphatic heterocycles. The first kappa shape index (κ1) is 17.5. The van der Waals surface area contributed by atoms with Gasteiger partial charge < -0.3 is 16.4 Å². The quantitative estimate of drug-likeness (QED) is 0.727. The van der Waals surface area contributed by atoms with Gasteiger partial charge in [-0.15, -0.1) is 0 Å². The number of hydrogen-bond donors (Lipinski definition) is 3. The van der Waals surface area contributed by atoms with Gasteiger partial charge in [-0.05, 0) is 31.2 Å². The molecule has 1 aromatic carbocycles. The van der Waals surface area contributed by atoms with E-state index in [9.17, 15) is 22.4 Å². The van der Waals surface area contributed by atoms with Gasteiger partial charge in [0.25, 0.3) is 5.91 Å². The van der Waals surface area contributed by atoms with Gasteiger partial charge in [0.1, 0.15) is 5.82 Å². The monoisotopic (exact) mass is 342 g/mol. The number of rotatable bonds is 5. The SMILES string of the molecule is CCNc1nc(Nc2cccc(C(F)(F)F)c2)c(C(N)=O)cc1F. The second-order valence-corrected chi connectivity index (χ2v) is 4.81. The summed E-state index contributed by atoms with van der Waals surface area (Å²) >= 11 is 0. The van der Waals surface area contributed by atoms with E-state index in [2.05, 4.69) is 15.6 Å². The summed E-state index contributed by atoms with van der Waals surface area (Å²) in [5.41, 5.74) is 4.07. The highest BCUT2D eigenvalue weighted by Gasteiger charge is 2.30. The van der Waals surface area contributed by atoms with Crippen molar-refractivity contribution in [1.82, 2.24) is 4.98 Å². The number of hydrogen-bond acceptors (Lipinski definition) is 4.